The highest BCUT2D eigenvalue weighted by Crippen LogP contribution is 2.24. The third-order valence-electron chi connectivity index (χ3n) is 4.12. The lowest BCUT2D eigenvalue weighted by Gasteiger charge is -2.09. The lowest BCUT2D eigenvalue weighted by Crippen LogP contribution is -2.22. The first-order chi connectivity index (χ1) is 13.9. The molecular weight excluding hydrogens is 394 g/mol. The number of anilines is 1. The fourth-order valence-corrected chi connectivity index (χ4v) is 3.11. The Balaban J connectivity index is 1.70. The maximum atomic E-state index is 12.5. The van der Waals surface area contributed by atoms with Gasteiger partial charge in [0.25, 0.3) is 5.91 Å². The summed E-state index contributed by atoms with van der Waals surface area (Å²) in [6.45, 7) is 2.50. The molecule has 7 nitrogen and oxygen atoms in total. The molecule has 1 heterocycles. The maximum Gasteiger partial charge on any atom is 0.343 e. The highest BCUT2D eigenvalue weighted by Gasteiger charge is 2.23. The van der Waals surface area contributed by atoms with E-state index in [1.54, 1.807) is 43.3 Å². The van der Waals surface area contributed by atoms with Crippen LogP contribution in [0.3, 0.4) is 0 Å². The minimum Gasteiger partial charge on any atom is -0.452 e. The number of ketones is 1. The third kappa shape index (κ3) is 4.52. The summed E-state index contributed by atoms with van der Waals surface area (Å²) in [7, 11) is 0. The van der Waals surface area contributed by atoms with Gasteiger partial charge in [0.05, 0.1) is 17.1 Å². The van der Waals surface area contributed by atoms with Crippen LogP contribution in [0.1, 0.15) is 33.3 Å². The van der Waals surface area contributed by atoms with Gasteiger partial charge in [-0.15, -0.1) is 0 Å². The molecule has 0 unspecified atom stereocenters. The monoisotopic (exact) mass is 411 g/mol. The van der Waals surface area contributed by atoms with E-state index in [0.717, 1.165) is 0 Å². The highest BCUT2D eigenvalue weighted by atomic mass is 35.5. The van der Waals surface area contributed by atoms with Gasteiger partial charge >= 0.3 is 5.97 Å². The Bertz CT molecular complexity index is 1080. The summed E-state index contributed by atoms with van der Waals surface area (Å²) >= 11 is 6.32. The van der Waals surface area contributed by atoms with E-state index in [2.05, 4.69) is 10.4 Å². The number of esters is 1. The van der Waals surface area contributed by atoms with E-state index < -0.39 is 18.5 Å². The molecular formula is C21H18ClN3O4. The predicted molar refractivity (Wildman–Crippen MR) is 109 cm³/mol. The maximum absolute atomic E-state index is 12.5. The van der Waals surface area contributed by atoms with Gasteiger partial charge in [-0.1, -0.05) is 41.9 Å². The summed E-state index contributed by atoms with van der Waals surface area (Å²) < 4.78 is 6.53. The molecule has 0 saturated heterocycles. The number of aryl methyl sites for hydroxylation is 1. The van der Waals surface area contributed by atoms with Crippen molar-refractivity contribution in [3.05, 3.63) is 76.6 Å². The lowest BCUT2D eigenvalue weighted by atomic mass is 10.1. The van der Waals surface area contributed by atoms with E-state index in [4.69, 9.17) is 16.3 Å². The molecule has 0 atom stereocenters. The number of Topliss-reactive ketones (excluding diaryl/α,β-unsaturated/α-hetero) is 1. The van der Waals surface area contributed by atoms with Gasteiger partial charge in [-0.25, -0.2) is 9.48 Å². The van der Waals surface area contributed by atoms with Gasteiger partial charge in [0.2, 0.25) is 0 Å². The Morgan fingerprint density at radius 1 is 1.07 bits per heavy atom. The molecule has 0 fully saturated rings. The van der Waals surface area contributed by atoms with Crippen molar-refractivity contribution in [3.63, 3.8) is 0 Å². The van der Waals surface area contributed by atoms with E-state index in [1.807, 2.05) is 18.2 Å². The first kappa shape index (κ1) is 20.3. The van der Waals surface area contributed by atoms with Crippen LogP contribution in [0.5, 0.6) is 0 Å². The fourth-order valence-electron chi connectivity index (χ4n) is 2.76. The number of nitrogens with zero attached hydrogens (tertiary/aromatic N) is 2. The second-order valence-electron chi connectivity index (χ2n) is 6.22. The SMILES string of the molecule is CC(=O)c1ccccc1NC(=O)COC(=O)c1c(C)nn(-c2ccccc2)c1Cl. The molecule has 1 aromatic heterocycles. The minimum absolute atomic E-state index is 0.0902. The molecule has 2 aromatic carbocycles. The molecule has 1 N–H and O–H groups in total. The molecule has 0 radical (unpaired) electrons. The van der Waals surface area contributed by atoms with E-state index >= 15 is 0 Å². The molecule has 3 rings (SSSR count). The fraction of sp³-hybridized carbons (Fsp3) is 0.143. The quantitative estimate of drug-likeness (QED) is 0.491. The van der Waals surface area contributed by atoms with Crippen molar-refractivity contribution in [2.45, 2.75) is 13.8 Å². The first-order valence-corrected chi connectivity index (χ1v) is 9.13. The smallest absolute Gasteiger partial charge is 0.343 e. The summed E-state index contributed by atoms with van der Waals surface area (Å²) in [6.07, 6.45) is 0. The number of hydrogen-bond donors (Lipinski definition) is 1. The average molecular weight is 412 g/mol. The van der Waals surface area contributed by atoms with Gasteiger partial charge in [-0.05, 0) is 38.1 Å². The second kappa shape index (κ2) is 8.70. The van der Waals surface area contributed by atoms with E-state index in [-0.39, 0.29) is 16.5 Å². The highest BCUT2D eigenvalue weighted by molar-refractivity contribution is 6.33. The van der Waals surface area contributed by atoms with Crippen LogP contribution in [0.15, 0.2) is 54.6 Å². The molecule has 0 saturated carbocycles. The third-order valence-corrected chi connectivity index (χ3v) is 4.47. The van der Waals surface area contributed by atoms with Gasteiger partial charge in [0, 0.05) is 5.56 Å². The van der Waals surface area contributed by atoms with Crippen LogP contribution < -0.4 is 5.32 Å². The number of para-hydroxylation sites is 2. The van der Waals surface area contributed by atoms with Gasteiger partial charge < -0.3 is 10.1 Å². The Morgan fingerprint density at radius 2 is 1.72 bits per heavy atom. The van der Waals surface area contributed by atoms with Gasteiger partial charge in [-0.2, -0.15) is 5.10 Å². The van der Waals surface area contributed by atoms with Crippen LogP contribution in [-0.2, 0) is 9.53 Å². The standard InChI is InChI=1S/C21H18ClN3O4/c1-13-19(20(22)25(24-13)15-8-4-3-5-9-15)21(28)29-12-18(27)23-17-11-7-6-10-16(17)14(2)26/h3-11H,12H2,1-2H3,(H,23,27). The molecule has 0 spiro atoms. The van der Waals surface area contributed by atoms with Crippen LogP contribution in [0.25, 0.3) is 5.69 Å². The molecule has 0 bridgehead atoms. The molecule has 148 valence electrons. The summed E-state index contributed by atoms with van der Waals surface area (Å²) in [5.74, 6) is -1.52. The van der Waals surface area contributed by atoms with Crippen molar-refractivity contribution in [2.75, 3.05) is 11.9 Å². The van der Waals surface area contributed by atoms with Crippen molar-refractivity contribution >= 4 is 34.9 Å². The number of nitrogens with one attached hydrogen (secondary N) is 1. The van der Waals surface area contributed by atoms with E-state index in [9.17, 15) is 14.4 Å². The Morgan fingerprint density at radius 3 is 2.41 bits per heavy atom. The van der Waals surface area contributed by atoms with Gasteiger partial charge in [-0.3, -0.25) is 9.59 Å². The minimum atomic E-state index is -0.760. The molecule has 1 amide bonds. The zero-order valence-corrected chi connectivity index (χ0v) is 16.6. The second-order valence-corrected chi connectivity index (χ2v) is 6.58. The molecule has 0 aliphatic carbocycles. The molecule has 3 aromatic rings. The Kier molecular flexibility index (Phi) is 6.09. The summed E-state index contributed by atoms with van der Waals surface area (Å²) in [5, 5.41) is 6.94. The van der Waals surface area contributed by atoms with Crippen molar-refractivity contribution in [2.24, 2.45) is 0 Å². The zero-order valence-electron chi connectivity index (χ0n) is 15.8. The van der Waals surface area contributed by atoms with Crippen LogP contribution >= 0.6 is 11.6 Å². The summed E-state index contributed by atoms with van der Waals surface area (Å²) in [6, 6.07) is 15.7. The average Bonchev–Trinajstić information content (AvgIpc) is 3.01. The number of carbonyl (C=O) groups excluding carboxylic acids is 3. The Labute approximate surface area is 172 Å². The number of carbonyl (C=O) groups is 3. The summed E-state index contributed by atoms with van der Waals surface area (Å²) in [4.78, 5) is 36.3. The van der Waals surface area contributed by atoms with E-state index in [1.165, 1.54) is 11.6 Å². The predicted octanol–water partition coefficient (Wildman–Crippen LogP) is 3.83. The summed E-state index contributed by atoms with van der Waals surface area (Å²) in [5.41, 5.74) is 1.89. The number of amides is 1. The van der Waals surface area contributed by atoms with Crippen molar-refractivity contribution < 1.29 is 19.1 Å². The van der Waals surface area contributed by atoms with Crippen LogP contribution in [0, 0.1) is 6.92 Å². The molecule has 0 aliphatic rings. The first-order valence-electron chi connectivity index (χ1n) is 8.76. The van der Waals surface area contributed by atoms with Crippen LogP contribution in [0.2, 0.25) is 5.15 Å². The Hall–Kier alpha value is -3.45. The molecule has 0 aliphatic heterocycles. The topological polar surface area (TPSA) is 90.3 Å². The number of benzene rings is 2. The number of aromatic nitrogens is 2. The van der Waals surface area contributed by atoms with Gasteiger partial charge in [0.1, 0.15) is 10.7 Å². The number of halogens is 1. The zero-order chi connectivity index (χ0) is 21.0. The van der Waals surface area contributed by atoms with Crippen molar-refractivity contribution in [1.29, 1.82) is 0 Å². The van der Waals surface area contributed by atoms with E-state index in [0.29, 0.717) is 22.6 Å². The van der Waals surface area contributed by atoms with Crippen LogP contribution in [0.4, 0.5) is 5.69 Å². The molecule has 8 heteroatoms. The largest absolute Gasteiger partial charge is 0.452 e. The van der Waals surface area contributed by atoms with Crippen molar-refractivity contribution in [3.8, 4) is 5.69 Å². The van der Waals surface area contributed by atoms with Crippen LogP contribution in [-0.4, -0.2) is 34.0 Å². The molecule has 29 heavy (non-hydrogen) atoms. The van der Waals surface area contributed by atoms with Gasteiger partial charge in [0.15, 0.2) is 12.4 Å². The number of hydrogen-bond acceptors (Lipinski definition) is 5. The number of ether oxygens (including phenoxy) is 1. The van der Waals surface area contributed by atoms with Crippen molar-refractivity contribution in [1.82, 2.24) is 9.78 Å². The number of rotatable bonds is 6. The lowest BCUT2D eigenvalue weighted by molar-refractivity contribution is -0.119. The normalized spacial score (nSPS) is 10.4.